The monoisotopic (exact) mass is 290 g/mol. The Bertz CT molecular complexity index is 544. The van der Waals surface area contributed by atoms with Crippen LogP contribution in [0.15, 0.2) is 54.6 Å². The van der Waals surface area contributed by atoms with Gasteiger partial charge in [-0.1, -0.05) is 29.8 Å². The first-order valence-corrected chi connectivity index (χ1v) is 6.60. The van der Waals surface area contributed by atoms with Gasteiger partial charge in [-0.05, 0) is 36.4 Å². The standard InChI is InChI=1S/C15H15ClN2O2/c16-12-6-8-13(9-7-12)18-15(19)17-10-11-20-14-4-2-1-3-5-14/h1-9H,10-11H2,(H2,17,18,19). The van der Waals surface area contributed by atoms with Gasteiger partial charge in [-0.15, -0.1) is 0 Å². The van der Waals surface area contributed by atoms with Crippen LogP contribution in [0, 0.1) is 0 Å². The minimum atomic E-state index is -0.274. The number of hydrogen-bond acceptors (Lipinski definition) is 2. The summed E-state index contributed by atoms with van der Waals surface area (Å²) in [6.07, 6.45) is 0. The van der Waals surface area contributed by atoms with Crippen LogP contribution in [0.3, 0.4) is 0 Å². The van der Waals surface area contributed by atoms with Crippen LogP contribution in [0.5, 0.6) is 5.75 Å². The average molecular weight is 291 g/mol. The topological polar surface area (TPSA) is 50.4 Å². The largest absolute Gasteiger partial charge is 0.492 e. The van der Waals surface area contributed by atoms with Gasteiger partial charge in [-0.2, -0.15) is 0 Å². The fourth-order valence-corrected chi connectivity index (χ4v) is 1.68. The summed E-state index contributed by atoms with van der Waals surface area (Å²) in [5.74, 6) is 0.785. The molecule has 2 rings (SSSR count). The van der Waals surface area contributed by atoms with Crippen LogP contribution >= 0.6 is 11.6 Å². The number of carbonyl (C=O) groups excluding carboxylic acids is 1. The molecule has 5 heteroatoms. The van der Waals surface area contributed by atoms with E-state index in [2.05, 4.69) is 10.6 Å². The van der Waals surface area contributed by atoms with Gasteiger partial charge < -0.3 is 15.4 Å². The predicted molar refractivity (Wildman–Crippen MR) is 80.4 cm³/mol. The second-order valence-electron chi connectivity index (χ2n) is 4.05. The van der Waals surface area contributed by atoms with Crippen molar-refractivity contribution in [3.63, 3.8) is 0 Å². The summed E-state index contributed by atoms with van der Waals surface area (Å²) in [6, 6.07) is 16.1. The molecule has 0 saturated carbocycles. The van der Waals surface area contributed by atoms with E-state index in [0.717, 1.165) is 5.75 Å². The second-order valence-corrected chi connectivity index (χ2v) is 4.49. The molecule has 0 aliphatic carbocycles. The third-order valence-corrected chi connectivity index (χ3v) is 2.75. The zero-order valence-corrected chi connectivity index (χ0v) is 11.6. The molecule has 0 aromatic heterocycles. The van der Waals surface area contributed by atoms with Crippen molar-refractivity contribution in [2.45, 2.75) is 0 Å². The highest BCUT2D eigenvalue weighted by atomic mass is 35.5. The number of urea groups is 1. The summed E-state index contributed by atoms with van der Waals surface area (Å²) in [5.41, 5.74) is 0.691. The molecule has 2 N–H and O–H groups in total. The summed E-state index contributed by atoms with van der Waals surface area (Å²) in [5, 5.41) is 6.04. The Kier molecular flexibility index (Phi) is 5.26. The number of nitrogens with one attached hydrogen (secondary N) is 2. The van der Waals surface area contributed by atoms with E-state index in [4.69, 9.17) is 16.3 Å². The number of para-hydroxylation sites is 1. The Morgan fingerprint density at radius 2 is 1.75 bits per heavy atom. The van der Waals surface area contributed by atoms with Crippen molar-refractivity contribution in [3.8, 4) is 5.75 Å². The molecular weight excluding hydrogens is 276 g/mol. The van der Waals surface area contributed by atoms with Crippen molar-refractivity contribution in [2.24, 2.45) is 0 Å². The molecule has 0 radical (unpaired) electrons. The fourth-order valence-electron chi connectivity index (χ4n) is 1.56. The Hall–Kier alpha value is -2.20. The van der Waals surface area contributed by atoms with Crippen molar-refractivity contribution >= 4 is 23.3 Å². The molecule has 0 bridgehead atoms. The highest BCUT2D eigenvalue weighted by molar-refractivity contribution is 6.30. The lowest BCUT2D eigenvalue weighted by Crippen LogP contribution is -2.32. The maximum absolute atomic E-state index is 11.6. The lowest BCUT2D eigenvalue weighted by atomic mass is 10.3. The van der Waals surface area contributed by atoms with Gasteiger partial charge in [0.15, 0.2) is 0 Å². The Morgan fingerprint density at radius 1 is 1.05 bits per heavy atom. The molecule has 2 aromatic rings. The quantitative estimate of drug-likeness (QED) is 0.828. The average Bonchev–Trinajstić information content (AvgIpc) is 2.47. The van der Waals surface area contributed by atoms with Crippen LogP contribution in [-0.2, 0) is 0 Å². The molecule has 0 aliphatic heterocycles. The molecule has 0 spiro atoms. The number of rotatable bonds is 5. The molecule has 0 aliphatic rings. The lowest BCUT2D eigenvalue weighted by Gasteiger charge is -2.09. The molecule has 0 fully saturated rings. The van der Waals surface area contributed by atoms with Crippen molar-refractivity contribution < 1.29 is 9.53 Å². The van der Waals surface area contributed by atoms with Gasteiger partial charge in [0.25, 0.3) is 0 Å². The number of carbonyl (C=O) groups is 1. The third-order valence-electron chi connectivity index (χ3n) is 2.50. The summed E-state index contributed by atoms with van der Waals surface area (Å²) in [6.45, 7) is 0.840. The van der Waals surface area contributed by atoms with E-state index in [-0.39, 0.29) is 6.03 Å². The Morgan fingerprint density at radius 3 is 2.45 bits per heavy atom. The predicted octanol–water partition coefficient (Wildman–Crippen LogP) is 3.54. The van der Waals surface area contributed by atoms with E-state index in [9.17, 15) is 4.79 Å². The molecule has 0 saturated heterocycles. The van der Waals surface area contributed by atoms with Gasteiger partial charge in [-0.25, -0.2) is 4.79 Å². The van der Waals surface area contributed by atoms with Crippen molar-refractivity contribution in [3.05, 3.63) is 59.6 Å². The maximum atomic E-state index is 11.6. The van der Waals surface area contributed by atoms with E-state index in [1.54, 1.807) is 24.3 Å². The first-order valence-electron chi connectivity index (χ1n) is 6.22. The fraction of sp³-hybridized carbons (Fsp3) is 0.133. The Balaban J connectivity index is 1.66. The molecule has 104 valence electrons. The van der Waals surface area contributed by atoms with Gasteiger partial charge in [0.1, 0.15) is 12.4 Å². The summed E-state index contributed by atoms with van der Waals surface area (Å²) in [7, 11) is 0. The molecule has 0 unspecified atom stereocenters. The van der Waals surface area contributed by atoms with Crippen molar-refractivity contribution in [2.75, 3.05) is 18.5 Å². The molecule has 0 heterocycles. The lowest BCUT2D eigenvalue weighted by molar-refractivity contribution is 0.247. The second kappa shape index (κ2) is 7.40. The molecule has 4 nitrogen and oxygen atoms in total. The van der Waals surface area contributed by atoms with Crippen LogP contribution in [0.1, 0.15) is 0 Å². The minimum Gasteiger partial charge on any atom is -0.492 e. The summed E-state index contributed by atoms with van der Waals surface area (Å²) < 4.78 is 5.46. The number of anilines is 1. The zero-order valence-electron chi connectivity index (χ0n) is 10.8. The smallest absolute Gasteiger partial charge is 0.319 e. The van der Waals surface area contributed by atoms with Crippen LogP contribution in [0.25, 0.3) is 0 Å². The van der Waals surface area contributed by atoms with E-state index < -0.39 is 0 Å². The maximum Gasteiger partial charge on any atom is 0.319 e. The zero-order chi connectivity index (χ0) is 14.2. The van der Waals surface area contributed by atoms with Crippen molar-refractivity contribution in [1.82, 2.24) is 5.32 Å². The van der Waals surface area contributed by atoms with E-state index in [0.29, 0.717) is 23.9 Å². The summed E-state index contributed by atoms with van der Waals surface area (Å²) >= 11 is 5.76. The molecule has 2 amide bonds. The van der Waals surface area contributed by atoms with Crippen molar-refractivity contribution in [1.29, 1.82) is 0 Å². The number of amides is 2. The molecular formula is C15H15ClN2O2. The number of hydrogen-bond donors (Lipinski definition) is 2. The van der Waals surface area contributed by atoms with Gasteiger partial charge in [0.2, 0.25) is 0 Å². The molecule has 20 heavy (non-hydrogen) atoms. The third kappa shape index (κ3) is 4.82. The number of halogens is 1. The van der Waals surface area contributed by atoms with Gasteiger partial charge in [-0.3, -0.25) is 0 Å². The molecule has 2 aromatic carbocycles. The SMILES string of the molecule is O=C(NCCOc1ccccc1)Nc1ccc(Cl)cc1. The number of ether oxygens (including phenoxy) is 1. The van der Waals surface area contributed by atoms with E-state index >= 15 is 0 Å². The van der Waals surface area contributed by atoms with Crippen LogP contribution in [0.4, 0.5) is 10.5 Å². The molecule has 0 atom stereocenters. The van der Waals surface area contributed by atoms with Crippen LogP contribution in [0.2, 0.25) is 5.02 Å². The summed E-state index contributed by atoms with van der Waals surface area (Å²) in [4.78, 5) is 11.6. The van der Waals surface area contributed by atoms with Crippen LogP contribution < -0.4 is 15.4 Å². The first kappa shape index (κ1) is 14.2. The highest BCUT2D eigenvalue weighted by Gasteiger charge is 2.00. The Labute approximate surface area is 122 Å². The normalized spacial score (nSPS) is 9.85. The van der Waals surface area contributed by atoms with Crippen LogP contribution in [-0.4, -0.2) is 19.2 Å². The van der Waals surface area contributed by atoms with E-state index in [1.807, 2.05) is 30.3 Å². The first-order chi connectivity index (χ1) is 9.74. The van der Waals surface area contributed by atoms with Gasteiger partial charge >= 0.3 is 6.03 Å². The highest BCUT2D eigenvalue weighted by Crippen LogP contribution is 2.13. The van der Waals surface area contributed by atoms with Gasteiger partial charge in [0.05, 0.1) is 6.54 Å². The van der Waals surface area contributed by atoms with Gasteiger partial charge in [0, 0.05) is 10.7 Å². The number of benzene rings is 2. The van der Waals surface area contributed by atoms with E-state index in [1.165, 1.54) is 0 Å². The minimum absolute atomic E-state index is 0.274.